The molecule has 1 N–H and O–H groups in total. The molecule has 5 nitrogen and oxygen atoms in total. The zero-order valence-electron chi connectivity index (χ0n) is 29.8. The Morgan fingerprint density at radius 3 is 1.55 bits per heavy atom. The number of halogens is 6. The minimum atomic E-state index is -4.51. The molecule has 0 spiro atoms. The van der Waals surface area contributed by atoms with E-state index in [9.17, 15) is 26.3 Å². The van der Waals surface area contributed by atoms with Crippen molar-refractivity contribution in [2.24, 2.45) is 9.98 Å². The Balaban J connectivity index is 1.29. The van der Waals surface area contributed by atoms with E-state index in [1.165, 1.54) is 46.9 Å². The van der Waals surface area contributed by atoms with Crippen LogP contribution < -0.4 is 19.7 Å². The number of nitrogens with one attached hydrogen (secondary N) is 1. The van der Waals surface area contributed by atoms with Crippen molar-refractivity contribution in [2.75, 3.05) is 38.0 Å². The van der Waals surface area contributed by atoms with Gasteiger partial charge in [0, 0.05) is 60.5 Å². The van der Waals surface area contributed by atoms with Gasteiger partial charge < -0.3 is 14.8 Å². The van der Waals surface area contributed by atoms with E-state index in [4.69, 9.17) is 9.98 Å². The molecule has 0 atom stereocenters. The van der Waals surface area contributed by atoms with Gasteiger partial charge in [-0.15, -0.1) is 22.7 Å². The molecule has 0 aliphatic carbocycles. The molecule has 4 heterocycles. The normalized spacial score (nSPS) is 13.8. The molecule has 0 saturated carbocycles. The predicted octanol–water partition coefficient (Wildman–Crippen LogP) is 11.0. The second-order valence-corrected chi connectivity index (χ2v) is 15.6. The lowest BCUT2D eigenvalue weighted by atomic mass is 10.0. The Hall–Kier alpha value is -5.66. The summed E-state index contributed by atoms with van der Waals surface area (Å²) in [7, 11) is 7.84. The van der Waals surface area contributed by atoms with Crippen LogP contribution in [-0.4, -0.2) is 39.0 Å². The smallest absolute Gasteiger partial charge is 0.378 e. The molecule has 3 aromatic heterocycles. The lowest BCUT2D eigenvalue weighted by Gasteiger charge is -2.12. The van der Waals surface area contributed by atoms with Gasteiger partial charge in [0.05, 0.1) is 31.2 Å². The summed E-state index contributed by atoms with van der Waals surface area (Å²) in [5.74, 6) is 0.644. The average Bonchev–Trinajstić information content (AvgIpc) is 3.91. The Bertz CT molecular complexity index is 2700. The van der Waals surface area contributed by atoms with Crippen molar-refractivity contribution in [1.82, 2.24) is 4.98 Å². The van der Waals surface area contributed by atoms with E-state index in [0.717, 1.165) is 71.3 Å². The van der Waals surface area contributed by atoms with Crippen LogP contribution in [0.1, 0.15) is 16.7 Å². The standard InChI is InChI=1S/C42H31F6N5S2/c1-52(2)29-17-9-23(10-18-29)33-21-31-37(54-33)35(25-5-13-27(14-6-25)41(43,44)45)39(49-31)51-40-36(26-7-15-28(16-8-26)42(46,47)48)38-32(50-40)22-34(55-38)24-11-19-30(20-12-24)53(3)4/h5-22,49H,1-4H3/b51-40-. The molecule has 0 bridgehead atoms. The van der Waals surface area contributed by atoms with Crippen molar-refractivity contribution in [3.63, 3.8) is 0 Å². The molecular formula is C42H31F6N5S2. The van der Waals surface area contributed by atoms with Gasteiger partial charge in [0.25, 0.3) is 0 Å². The summed E-state index contributed by atoms with van der Waals surface area (Å²) in [5.41, 5.74) is 5.37. The summed E-state index contributed by atoms with van der Waals surface area (Å²) in [5, 5.41) is 0.623. The first-order valence-electron chi connectivity index (χ1n) is 17.0. The van der Waals surface area contributed by atoms with Crippen LogP contribution in [0.5, 0.6) is 0 Å². The summed E-state index contributed by atoms with van der Waals surface area (Å²) in [6, 6.07) is 29.9. The van der Waals surface area contributed by atoms with E-state index < -0.39 is 23.5 Å². The van der Waals surface area contributed by atoms with Gasteiger partial charge in [0.1, 0.15) is 5.82 Å². The highest BCUT2D eigenvalue weighted by atomic mass is 32.1. The minimum absolute atomic E-state index is 0.275. The molecule has 0 amide bonds. The van der Waals surface area contributed by atoms with E-state index in [0.29, 0.717) is 33.4 Å². The van der Waals surface area contributed by atoms with Crippen LogP contribution in [-0.2, 0) is 12.4 Å². The molecule has 7 aromatic rings. The van der Waals surface area contributed by atoms with Crippen LogP contribution in [0.2, 0.25) is 0 Å². The maximum Gasteiger partial charge on any atom is 0.416 e. The third kappa shape index (κ3) is 6.94. The van der Waals surface area contributed by atoms with E-state index in [-0.39, 0.29) is 5.84 Å². The molecular weight excluding hydrogens is 753 g/mol. The number of aromatic nitrogens is 1. The van der Waals surface area contributed by atoms with Crippen molar-refractivity contribution in [3.05, 3.63) is 136 Å². The van der Waals surface area contributed by atoms with Crippen LogP contribution in [0, 0.1) is 0 Å². The van der Waals surface area contributed by atoms with Gasteiger partial charge in [0.15, 0.2) is 5.84 Å². The van der Waals surface area contributed by atoms with Gasteiger partial charge in [-0.1, -0.05) is 48.5 Å². The van der Waals surface area contributed by atoms with Gasteiger partial charge in [-0.05, 0) is 82.9 Å². The first-order chi connectivity index (χ1) is 26.1. The third-order valence-corrected chi connectivity index (χ3v) is 11.8. The Morgan fingerprint density at radius 2 is 1.05 bits per heavy atom. The van der Waals surface area contributed by atoms with Crippen molar-refractivity contribution in [3.8, 4) is 32.0 Å². The fourth-order valence-corrected chi connectivity index (χ4v) is 8.82. The maximum absolute atomic E-state index is 13.6. The lowest BCUT2D eigenvalue weighted by Crippen LogP contribution is -2.16. The highest BCUT2D eigenvalue weighted by Crippen LogP contribution is 2.46. The van der Waals surface area contributed by atoms with Crippen LogP contribution in [0.25, 0.3) is 47.8 Å². The summed E-state index contributed by atoms with van der Waals surface area (Å²) >= 11 is 2.95. The van der Waals surface area contributed by atoms with Crippen molar-refractivity contribution in [1.29, 1.82) is 0 Å². The fraction of sp³-hybridized carbons (Fsp3) is 0.143. The number of benzene rings is 4. The minimum Gasteiger partial charge on any atom is -0.378 e. The number of alkyl halides is 6. The maximum atomic E-state index is 13.6. The number of aromatic amines is 1. The molecule has 1 aliphatic rings. The first-order valence-corrected chi connectivity index (χ1v) is 18.7. The Kier molecular flexibility index (Phi) is 8.96. The molecule has 1 aliphatic heterocycles. The zero-order chi connectivity index (χ0) is 38.8. The number of aliphatic imine (C=N–C) groups is 1. The van der Waals surface area contributed by atoms with E-state index >= 15 is 0 Å². The van der Waals surface area contributed by atoms with Crippen molar-refractivity contribution in [2.45, 2.75) is 12.4 Å². The molecule has 0 fully saturated rings. The number of thiophene rings is 2. The van der Waals surface area contributed by atoms with Gasteiger partial charge in [-0.2, -0.15) is 26.3 Å². The van der Waals surface area contributed by atoms with E-state index in [1.54, 1.807) is 0 Å². The van der Waals surface area contributed by atoms with Gasteiger partial charge in [0.2, 0.25) is 0 Å². The highest BCUT2D eigenvalue weighted by Gasteiger charge is 2.32. The highest BCUT2D eigenvalue weighted by molar-refractivity contribution is 7.22. The second kappa shape index (κ2) is 13.6. The van der Waals surface area contributed by atoms with Gasteiger partial charge in [-0.3, -0.25) is 0 Å². The number of hydrogen-bond donors (Lipinski definition) is 1. The van der Waals surface area contributed by atoms with Crippen LogP contribution in [0.3, 0.4) is 0 Å². The Labute approximate surface area is 319 Å². The summed E-state index contributed by atoms with van der Waals surface area (Å²) < 4.78 is 83.2. The number of anilines is 2. The quantitative estimate of drug-likeness (QED) is 0.164. The second-order valence-electron chi connectivity index (χ2n) is 13.5. The van der Waals surface area contributed by atoms with Crippen molar-refractivity contribution < 1.29 is 26.3 Å². The lowest BCUT2D eigenvalue weighted by molar-refractivity contribution is -0.138. The molecule has 13 heteroatoms. The molecule has 0 unspecified atom stereocenters. The number of fused-ring (bicyclic) bond motifs is 2. The van der Waals surface area contributed by atoms with E-state index in [2.05, 4.69) is 4.98 Å². The molecule has 0 radical (unpaired) electrons. The molecule has 55 heavy (non-hydrogen) atoms. The fourth-order valence-electron chi connectivity index (χ4n) is 6.46. The van der Waals surface area contributed by atoms with Crippen LogP contribution in [0.4, 0.5) is 43.5 Å². The zero-order valence-corrected chi connectivity index (χ0v) is 31.4. The summed E-state index contributed by atoms with van der Waals surface area (Å²) in [6.45, 7) is 0. The molecule has 278 valence electrons. The van der Waals surface area contributed by atoms with Crippen LogP contribution >= 0.6 is 22.7 Å². The number of nitrogens with zero attached hydrogens (tertiary/aromatic N) is 4. The predicted molar refractivity (Wildman–Crippen MR) is 212 cm³/mol. The Morgan fingerprint density at radius 1 is 0.582 bits per heavy atom. The molecule has 0 saturated heterocycles. The summed E-state index contributed by atoms with van der Waals surface area (Å²) in [6.07, 6.45) is -9.03. The number of amidine groups is 1. The number of hydrogen-bond acceptors (Lipinski definition) is 5. The van der Waals surface area contributed by atoms with Gasteiger partial charge in [-0.25, -0.2) is 9.98 Å². The average molecular weight is 784 g/mol. The van der Waals surface area contributed by atoms with Crippen molar-refractivity contribution >= 4 is 61.5 Å². The molecule has 8 rings (SSSR count). The first kappa shape index (κ1) is 36.3. The monoisotopic (exact) mass is 783 g/mol. The molecule has 4 aromatic carbocycles. The summed E-state index contributed by atoms with van der Waals surface area (Å²) in [4.78, 5) is 19.2. The van der Waals surface area contributed by atoms with Crippen LogP contribution in [0.15, 0.2) is 119 Å². The van der Waals surface area contributed by atoms with Gasteiger partial charge >= 0.3 is 12.4 Å². The topological polar surface area (TPSA) is 47.0 Å². The largest absolute Gasteiger partial charge is 0.416 e. The third-order valence-electron chi connectivity index (χ3n) is 9.39. The van der Waals surface area contributed by atoms with E-state index in [1.807, 2.05) is 98.7 Å². The SMILES string of the molecule is CN(C)c1ccc(-c2cc3c(s2)=C(c2ccc(C(F)(F)F)cc2)/C(=N/c2[nH]c4cc(-c5ccc(N(C)C)cc5)sc4c2-c2ccc(C(F)(F)F)cc2)N=3)cc1. The number of rotatable bonds is 7. The number of H-pyrrole nitrogens is 1.